The molecule has 0 atom stereocenters. The molecule has 13 aromatic rings. The van der Waals surface area contributed by atoms with Crippen molar-refractivity contribution in [2.24, 2.45) is 0 Å². The predicted octanol–water partition coefficient (Wildman–Crippen LogP) is 12.5. The molecule has 0 aromatic heterocycles. The molecule has 0 heterocycles. The van der Waals surface area contributed by atoms with Gasteiger partial charge in [-0.2, -0.15) is 0 Å². The molecule has 0 radical (unpaired) electrons. The van der Waals surface area contributed by atoms with Gasteiger partial charge in [-0.3, -0.25) is 0 Å². The fourth-order valence-electron chi connectivity index (χ4n) is 9.27. The van der Waals surface area contributed by atoms with E-state index in [2.05, 4.69) is 395 Å². The van der Waals surface area contributed by atoms with Gasteiger partial charge in [0.15, 0.2) is 0 Å². The van der Waals surface area contributed by atoms with E-state index in [9.17, 15) is 0 Å². The van der Waals surface area contributed by atoms with Crippen LogP contribution in [0.15, 0.2) is 394 Å². The van der Waals surface area contributed by atoms with E-state index in [0.717, 1.165) is 4.89 Å². The number of benzene rings is 13. The molecule has 0 aliphatic rings. The molecule has 0 aliphatic carbocycles. The van der Waals surface area contributed by atoms with Crippen LogP contribution in [-0.2, 0) is 24.1 Å². The van der Waals surface area contributed by atoms with Gasteiger partial charge >= 0.3 is 60.0 Å². The summed E-state index contributed by atoms with van der Waals surface area (Å²) in [5.41, 5.74) is 1.34. The summed E-state index contributed by atoms with van der Waals surface area (Å²) in [6, 6.07) is 140. The second-order valence-corrected chi connectivity index (χ2v) is 28.4. The Morgan fingerprint density at radius 2 is 0.247 bits per heavy atom. The molecule has 0 spiro atoms. The van der Waals surface area contributed by atoms with Crippen LogP contribution >= 0.6 is 31.7 Å². The second-order valence-electron chi connectivity index (χ2n) is 19.0. The predicted molar refractivity (Wildman–Crippen MR) is 371 cm³/mol. The molecule has 13 rings (SSSR count). The van der Waals surface area contributed by atoms with Gasteiger partial charge in [0.05, 0.1) is 0 Å². The zero-order valence-corrected chi connectivity index (χ0v) is 53.1. The van der Waals surface area contributed by atoms with E-state index in [1.54, 1.807) is 0 Å². The molecule has 0 N–H and O–H groups in total. The topological polar surface area (TPSA) is 0 Å². The summed E-state index contributed by atoms with van der Waals surface area (Å²) in [4.78, 5) is 0.990. The van der Waals surface area contributed by atoms with Crippen molar-refractivity contribution in [3.8, 4) is 0 Å². The van der Waals surface area contributed by atoms with Crippen molar-refractivity contribution in [1.82, 2.24) is 0 Å². The number of rotatable bonds is 13. The molecule has 0 aliphatic heterocycles. The fourth-order valence-corrected chi connectivity index (χ4v) is 18.9. The third-order valence-corrected chi connectivity index (χ3v) is 23.6. The van der Waals surface area contributed by atoms with Crippen molar-refractivity contribution in [2.75, 3.05) is 0 Å². The SMILES string of the molecule is [Cl-].[Pd+][CH2]c1ccccc1.c1ccc(P(c2ccccc2)c2ccccc2)cc1.c1ccc(P(c2ccccc2)c2ccccc2)cc1.c1ccc(P(c2ccccc2)c2ccccc2)cc1.c1ccc(P(c2ccccc2)c2ccccc2)cc1. The first-order chi connectivity index (χ1) is 41.7. The molecule has 85 heavy (non-hydrogen) atoms. The smallest absolute Gasteiger partial charge is 0.0134 e. The van der Waals surface area contributed by atoms with E-state index in [1.165, 1.54) is 69.2 Å². The van der Waals surface area contributed by atoms with Crippen LogP contribution in [-0.4, -0.2) is 0 Å². The molecule has 6 heteroatoms. The van der Waals surface area contributed by atoms with Crippen LogP contribution in [0.5, 0.6) is 0 Å². The van der Waals surface area contributed by atoms with Gasteiger partial charge in [0.1, 0.15) is 0 Å². The zero-order chi connectivity index (χ0) is 57.5. The number of hydrogen-bond acceptors (Lipinski definition) is 0. The molecule has 0 saturated carbocycles. The minimum atomic E-state index is -0.446. The Morgan fingerprint density at radius 1 is 0.153 bits per heavy atom. The van der Waals surface area contributed by atoms with Gasteiger partial charge in [-0.25, -0.2) is 0 Å². The van der Waals surface area contributed by atoms with E-state index in [1.807, 2.05) is 18.2 Å². The Hall–Kier alpha value is -7.47. The monoisotopic (exact) mass is 1280 g/mol. The van der Waals surface area contributed by atoms with Crippen molar-refractivity contribution >= 4 is 95.3 Å². The van der Waals surface area contributed by atoms with Gasteiger partial charge in [0.25, 0.3) is 0 Å². The number of hydrogen-bond donors (Lipinski definition) is 0. The van der Waals surface area contributed by atoms with Crippen LogP contribution in [0.1, 0.15) is 5.56 Å². The molecule has 0 fully saturated rings. The standard InChI is InChI=1S/4C18H15P.C7H7.ClH.Pd/c4*1-4-10-16(11-5-1)19(17-12-6-2-7-13-17)18-14-8-3-9-15-18;1-7-5-3-2-4-6-7;;/h4*1-15H;2-6H,1H2;1H;/q;;;;;;+1/p-1. The third-order valence-electron chi connectivity index (χ3n) is 13.1. The molecule has 0 bridgehead atoms. The largest absolute Gasteiger partial charge is 0.0622 e. The average Bonchev–Trinajstić information content (AvgIpc) is 3.69. The van der Waals surface area contributed by atoms with E-state index < -0.39 is 31.7 Å². The van der Waals surface area contributed by atoms with Gasteiger partial charge in [-0.15, -0.1) is 0 Å². The van der Waals surface area contributed by atoms with Crippen LogP contribution in [0, 0.1) is 0 Å². The first kappa shape index (κ1) is 63.6. The van der Waals surface area contributed by atoms with Crippen LogP contribution in [0.4, 0.5) is 0 Å². The molecule has 0 saturated heterocycles. The first-order valence-corrected chi connectivity index (χ1v) is 34.6. The normalized spacial score (nSPS) is 10.3. The van der Waals surface area contributed by atoms with Crippen molar-refractivity contribution in [3.05, 3.63) is 400 Å². The number of halogens is 1. The Morgan fingerprint density at radius 3 is 0.329 bits per heavy atom. The quantitative estimate of drug-likeness (QED) is 0.0797. The Balaban J connectivity index is 0.000000141. The van der Waals surface area contributed by atoms with E-state index in [-0.39, 0.29) is 12.4 Å². The van der Waals surface area contributed by atoms with E-state index in [0.29, 0.717) is 0 Å². The summed E-state index contributed by atoms with van der Waals surface area (Å²) >= 11 is 3.12. The molecular weight excluding hydrogens is 1210 g/mol. The van der Waals surface area contributed by atoms with Crippen molar-refractivity contribution in [1.29, 1.82) is 0 Å². The minimum Gasteiger partial charge on any atom is -0.0622 e. The van der Waals surface area contributed by atoms with Crippen molar-refractivity contribution < 1.29 is 31.6 Å². The molecule has 420 valence electrons. The maximum Gasteiger partial charge on any atom is -0.0134 e. The summed E-state index contributed by atoms with van der Waals surface area (Å²) < 4.78 is 0. The van der Waals surface area contributed by atoms with Gasteiger partial charge in [0.2, 0.25) is 0 Å². The Kier molecular flexibility index (Phi) is 27.2. The second kappa shape index (κ2) is 36.4. The van der Waals surface area contributed by atoms with Gasteiger partial charge < -0.3 is 12.4 Å². The molecule has 0 unspecified atom stereocenters. The Labute approximate surface area is 527 Å². The summed E-state index contributed by atoms with van der Waals surface area (Å²) in [5, 5.41) is 16.8. The summed E-state index contributed by atoms with van der Waals surface area (Å²) in [6.45, 7) is 0. The molecule has 0 amide bonds. The maximum absolute atomic E-state index is 3.12. The third kappa shape index (κ3) is 19.8. The van der Waals surface area contributed by atoms with Gasteiger partial charge in [-0.1, -0.05) is 364 Å². The summed E-state index contributed by atoms with van der Waals surface area (Å²) in [7, 11) is -1.78. The maximum atomic E-state index is 3.12. The van der Waals surface area contributed by atoms with Crippen LogP contribution in [0.25, 0.3) is 0 Å². The van der Waals surface area contributed by atoms with E-state index in [4.69, 9.17) is 0 Å². The van der Waals surface area contributed by atoms with Crippen LogP contribution in [0.3, 0.4) is 0 Å². The molecule has 0 nitrogen and oxygen atoms in total. The summed E-state index contributed by atoms with van der Waals surface area (Å²) in [6.07, 6.45) is 0. The van der Waals surface area contributed by atoms with Crippen molar-refractivity contribution in [2.45, 2.75) is 4.89 Å². The first-order valence-electron chi connectivity index (χ1n) is 28.1. The zero-order valence-electron chi connectivity index (χ0n) is 47.2. The van der Waals surface area contributed by atoms with Crippen LogP contribution in [0.2, 0.25) is 0 Å². The summed E-state index contributed by atoms with van der Waals surface area (Å²) in [5.74, 6) is 0. The average molecular weight is 1280 g/mol. The van der Waals surface area contributed by atoms with E-state index >= 15 is 0 Å². The Bertz CT molecular complexity index is 2930. The minimum absolute atomic E-state index is 0. The fraction of sp³-hybridized carbons (Fsp3) is 0.0127. The van der Waals surface area contributed by atoms with Crippen molar-refractivity contribution in [3.63, 3.8) is 0 Å². The molecule has 13 aromatic carbocycles. The van der Waals surface area contributed by atoms with Crippen LogP contribution < -0.4 is 76.1 Å². The molecular formula is C79H67ClP4Pd. The van der Waals surface area contributed by atoms with Gasteiger partial charge in [0, 0.05) is 0 Å². The van der Waals surface area contributed by atoms with Gasteiger partial charge in [-0.05, 0) is 95.3 Å².